The molecular weight excluding hydrogens is 1840 g/mol. The maximum Gasteiger partial charge on any atom is 1.00 e. The summed E-state index contributed by atoms with van der Waals surface area (Å²) >= 11 is 3.24. The number of phosphoric ester groups is 2. The fourth-order valence-electron chi connectivity index (χ4n) is 7.16. The largest absolute Gasteiger partial charge is 1.00 e. The smallest absolute Gasteiger partial charge is 0.822 e. The number of para-hydroxylation sites is 6. The summed E-state index contributed by atoms with van der Waals surface area (Å²) < 4.78 is 180. The summed E-state index contributed by atoms with van der Waals surface area (Å²) in [4.78, 5) is 27.4. The molecule has 0 fully saturated rings. The third-order valence-electron chi connectivity index (χ3n) is 11.7. The average molecular weight is 1920 g/mol. The van der Waals surface area contributed by atoms with Crippen LogP contribution in [0.3, 0.4) is 0 Å². The number of aryl methyl sites for hydroxylation is 3. The molecule has 0 aromatic heterocycles. The van der Waals surface area contributed by atoms with Gasteiger partial charge in [0.05, 0.1) is 59.5 Å². The Kier molecular flexibility index (Phi) is 86.4. The minimum absolute atomic E-state index is 0. The van der Waals surface area contributed by atoms with Gasteiger partial charge in [0.25, 0.3) is 0 Å². The first-order valence-electron chi connectivity index (χ1n) is 31.9. The van der Waals surface area contributed by atoms with Crippen molar-refractivity contribution in [2.75, 3.05) is 79.1 Å². The molecule has 5 N–H and O–H groups in total. The molecule has 0 saturated heterocycles. The van der Waals surface area contributed by atoms with Crippen molar-refractivity contribution in [3.05, 3.63) is 271 Å². The molecule has 0 aliphatic carbocycles. The molecule has 0 heterocycles. The van der Waals surface area contributed by atoms with Gasteiger partial charge < -0.3 is 113 Å². The number of aliphatic hydroxyl groups excluding tert-OH is 5. The van der Waals surface area contributed by atoms with Crippen LogP contribution in [0.1, 0.15) is 16.7 Å². The summed E-state index contributed by atoms with van der Waals surface area (Å²) in [6.45, 7) is 9.38. The molecule has 9 rings (SSSR count). The van der Waals surface area contributed by atoms with Gasteiger partial charge in [-0.1, -0.05) is 162 Å². The molecule has 0 atom stereocenters. The normalized spacial score (nSPS) is 10.3. The summed E-state index contributed by atoms with van der Waals surface area (Å²) in [6, 6.07) is 76.5. The number of phosphoric acid groups is 3. The van der Waals surface area contributed by atoms with E-state index in [2.05, 4.69) is 11.2 Å². The number of nitrogens with zero attached hydrogens (tertiary/aromatic N) is 1. The molecule has 119 heavy (non-hydrogen) atoms. The average Bonchev–Trinajstić information content (AvgIpc) is 0.843. The Morgan fingerprint density at radius 2 is 0.504 bits per heavy atom. The zero-order valence-electron chi connectivity index (χ0n) is 67.3. The topological polar surface area (TPSA) is 504 Å². The van der Waals surface area contributed by atoms with Crippen molar-refractivity contribution in [2.24, 2.45) is 0 Å². The van der Waals surface area contributed by atoms with Crippen LogP contribution in [0.15, 0.2) is 255 Å². The Morgan fingerprint density at radius 3 is 0.672 bits per heavy atom. The first-order chi connectivity index (χ1) is 52.5. The monoisotopic (exact) mass is 1920 g/mol. The number of ether oxygens (including phenoxy) is 2. The van der Waals surface area contributed by atoms with Crippen LogP contribution in [0.2, 0.25) is 0 Å². The van der Waals surface area contributed by atoms with Gasteiger partial charge in [-0.25, -0.2) is 16.8 Å². The first-order valence-corrected chi connectivity index (χ1v) is 45.7. The molecule has 0 aliphatic rings. The second-order valence-corrected chi connectivity index (χ2v) is 35.2. The van der Waals surface area contributed by atoms with Gasteiger partial charge in [-0.15, -0.1) is 9.05 Å². The molecule has 0 aliphatic heterocycles. The maximum absolute atomic E-state index is 13.3. The minimum atomic E-state index is -5.39. The molecule has 0 unspecified atom stereocenters. The van der Waals surface area contributed by atoms with Gasteiger partial charge in [0.15, 0.2) is 18.3 Å². The SMILES string of the molecule is Cc1ccc(OP(=O)(Oc2ccc(C)cc2)Oc2ccc(C)cc2)cc1.O=P(Oc1ccccc1)(Oc1ccccc1)Oc1ccccc1.O=P([O-])([O-])[O-].O=S(=O)([O-])SSS(=O)(=O)[O-].O=S([O-])([O-])=S.OCCN(CCO)CCO.OCCOCCOCCO.[Na+].[Na+].[Na+].[Na+].[Na+].[Na+].[Na+].[Na+].c1ccc(OP(Oc2ccccc2)Oc2ccccc2)cc1. The van der Waals surface area contributed by atoms with Crippen molar-refractivity contribution in [1.29, 1.82) is 0 Å². The maximum atomic E-state index is 13.3. The predicted molar refractivity (Wildman–Crippen MR) is 413 cm³/mol. The molecule has 0 radical (unpaired) electrons. The molecular formula is C69H80NNa8O31P4S6+. The summed E-state index contributed by atoms with van der Waals surface area (Å²) in [5.74, 6) is 4.59. The Hall–Kier alpha value is 0.670. The van der Waals surface area contributed by atoms with Crippen molar-refractivity contribution < 1.29 is 380 Å². The Bertz CT molecular complexity index is 4050. The Balaban J connectivity index is -0.000000252. The molecule has 9 aromatic carbocycles. The molecule has 9 aromatic rings. The van der Waals surface area contributed by atoms with Crippen LogP contribution in [0.5, 0.6) is 51.7 Å². The number of rotatable bonds is 34. The van der Waals surface area contributed by atoms with Crippen LogP contribution in [0, 0.1) is 20.8 Å². The second-order valence-electron chi connectivity index (χ2n) is 20.7. The Morgan fingerprint density at radius 1 is 0.328 bits per heavy atom. The van der Waals surface area contributed by atoms with Gasteiger partial charge in [0.1, 0.15) is 51.7 Å². The minimum Gasteiger partial charge on any atom is -0.822 e. The first kappa shape index (κ1) is 133. The van der Waals surface area contributed by atoms with E-state index >= 15 is 0 Å². The van der Waals surface area contributed by atoms with Crippen molar-refractivity contribution in [2.45, 2.75) is 20.8 Å². The van der Waals surface area contributed by atoms with Crippen LogP contribution in [0.25, 0.3) is 0 Å². The molecule has 0 spiro atoms. The van der Waals surface area contributed by atoms with E-state index in [4.69, 9.17) is 108 Å². The molecule has 50 heteroatoms. The fraction of sp³-hybridized carbons (Fsp3) is 0.217. The zero-order chi connectivity index (χ0) is 82.5. The number of aliphatic hydroxyl groups is 5. The van der Waals surface area contributed by atoms with E-state index in [1.807, 2.05) is 166 Å². The number of benzene rings is 9. The van der Waals surface area contributed by atoms with Crippen molar-refractivity contribution in [1.82, 2.24) is 4.90 Å². The van der Waals surface area contributed by atoms with E-state index in [-0.39, 0.29) is 269 Å². The summed E-state index contributed by atoms with van der Waals surface area (Å²) in [5, 5.41) is 42.0. The molecule has 0 bridgehead atoms. The van der Waals surface area contributed by atoms with Crippen LogP contribution in [0.4, 0.5) is 0 Å². The summed E-state index contributed by atoms with van der Waals surface area (Å²) in [5.41, 5.74) is 3.23. The van der Waals surface area contributed by atoms with Crippen LogP contribution in [-0.2, 0) is 61.7 Å². The second kappa shape index (κ2) is 77.4. The quantitative estimate of drug-likeness (QED) is 0.00822. The van der Waals surface area contributed by atoms with Crippen molar-refractivity contribution in [3.8, 4) is 51.7 Å². The van der Waals surface area contributed by atoms with E-state index in [0.717, 1.165) is 16.7 Å². The van der Waals surface area contributed by atoms with Gasteiger partial charge in [0, 0.05) is 39.3 Å². The molecule has 0 amide bonds. The molecule has 610 valence electrons. The fourth-order valence-corrected chi connectivity index (χ4v) is 16.1. The van der Waals surface area contributed by atoms with E-state index in [0.29, 0.717) is 97.8 Å². The van der Waals surface area contributed by atoms with Gasteiger partial charge >= 0.3 is 261 Å². The van der Waals surface area contributed by atoms with Gasteiger partial charge in [0.2, 0.25) is 0 Å². The van der Waals surface area contributed by atoms with Crippen molar-refractivity contribution in [3.63, 3.8) is 0 Å². The molecule has 32 nitrogen and oxygen atoms in total. The van der Waals surface area contributed by atoms with E-state index in [1.54, 1.807) is 114 Å². The number of hydrogen-bond donors (Lipinski definition) is 5. The van der Waals surface area contributed by atoms with Gasteiger partial charge in [-0.2, -0.15) is 17.0 Å². The van der Waals surface area contributed by atoms with E-state index in [1.165, 1.54) is 0 Å². The summed E-state index contributed by atoms with van der Waals surface area (Å²) in [6.07, 6.45) is 0. The summed E-state index contributed by atoms with van der Waals surface area (Å²) in [7, 11) is -29.6. The predicted octanol–water partition coefficient (Wildman–Crippen LogP) is -14.2. The van der Waals surface area contributed by atoms with Gasteiger partial charge in [-0.3, -0.25) is 9.11 Å². The van der Waals surface area contributed by atoms with Gasteiger partial charge in [-0.05, 0) is 141 Å². The van der Waals surface area contributed by atoms with E-state index in [9.17, 15) is 35.1 Å². The van der Waals surface area contributed by atoms with E-state index < -0.39 is 79.1 Å². The van der Waals surface area contributed by atoms with Crippen LogP contribution in [-0.4, -0.2) is 149 Å². The third-order valence-corrected chi connectivity index (χ3v) is 21.9. The van der Waals surface area contributed by atoms with Crippen LogP contribution < -0.4 is 292 Å². The van der Waals surface area contributed by atoms with Crippen LogP contribution >= 0.6 is 51.7 Å². The molecule has 0 saturated carbocycles. The Labute approximate surface area is 884 Å². The standard InChI is InChI=1S/C21H21O4P.C18H15O4P.C18H15O3P.C6H15NO3.C6H14O4.8Na.H2O6S4.H3O4P.H2O3S2/c1-16-4-10-19(11-5-16)23-26(22,24-20-12-6-17(2)7-13-20)25-21-14-8-18(3)9-15-21;19-23(20-16-10-4-1-5-11-16,21-17-12-6-2-7-13-17)22-18-14-8-3-9-15-18;1-4-10-16(11-5-1)19-22(20-17-12-6-2-7-13-17)21-18-14-8-3-9-15-18;8-4-1-7(2-5-9)3-6-10;7-1-3-9-5-6-10-4-2-8;;;;;;;;;1-9(2,3)7-8-10(4,5)6;2*1-5(2,3)4/h4-15H,1-3H3;1-15H;1-15H;8-10H,1-6H2;7-8H,1-6H2;;;;;;;;;(H,1,2,3)(H,4,5,6);(H3,1,2,3,4);(H2,1,2,3,4)/q;;;;;8*+1;;;/p-7. The zero-order valence-corrected chi connectivity index (χ0v) is 91.7. The number of hydrogen-bond acceptors (Lipinski definition) is 35. The third kappa shape index (κ3) is 78.3. The van der Waals surface area contributed by atoms with Crippen molar-refractivity contribution >= 4 is 90.3 Å².